The van der Waals surface area contributed by atoms with E-state index in [2.05, 4.69) is 22.2 Å². The molecule has 13 nitrogen and oxygen atoms in total. The summed E-state index contributed by atoms with van der Waals surface area (Å²) in [5.41, 5.74) is 0.618. The molecule has 3 amide bonds. The number of rotatable bonds is 6. The summed E-state index contributed by atoms with van der Waals surface area (Å²) in [5.74, 6) is -0.870. The van der Waals surface area contributed by atoms with Gasteiger partial charge in [0.15, 0.2) is 0 Å². The molecular weight excluding hydrogens is 663 g/mol. The van der Waals surface area contributed by atoms with Gasteiger partial charge in [0.1, 0.15) is 29.2 Å². The summed E-state index contributed by atoms with van der Waals surface area (Å²) in [4.78, 5) is 68.4. The van der Waals surface area contributed by atoms with E-state index in [1.807, 2.05) is 32.0 Å². The predicted molar refractivity (Wildman–Crippen MR) is 186 cm³/mol. The minimum absolute atomic E-state index is 0.00121. The van der Waals surface area contributed by atoms with Crippen LogP contribution in [0.3, 0.4) is 0 Å². The van der Waals surface area contributed by atoms with Gasteiger partial charge in [-0.2, -0.15) is 0 Å². The van der Waals surface area contributed by atoms with Crippen molar-refractivity contribution in [2.75, 3.05) is 20.3 Å². The number of alkyl carbamates (subject to hydrolysis) is 1. The van der Waals surface area contributed by atoms with Crippen LogP contribution in [0.2, 0.25) is 0 Å². The summed E-state index contributed by atoms with van der Waals surface area (Å²) < 4.78 is 30.6. The normalized spacial score (nSPS) is 29.3. The Balaban J connectivity index is 1.39. The number of amides is 3. The van der Waals surface area contributed by atoms with Crippen LogP contribution in [0, 0.1) is 17.3 Å². The molecule has 3 heterocycles. The number of carbonyl (C=O) groups is 3. The smallest absolute Gasteiger partial charge is 0.407 e. The number of carbonyl (C=O) groups excluding carboxylic acids is 3. The number of cyclic esters (lactones) is 1. The first-order chi connectivity index (χ1) is 23.7. The van der Waals surface area contributed by atoms with Crippen molar-refractivity contribution in [2.24, 2.45) is 17.3 Å². The van der Waals surface area contributed by atoms with Crippen LogP contribution >= 0.6 is 7.60 Å². The standard InChI is InChI=1S/C36H49N4O9P/c1-5-25-19-36(25,50(44,45)46)39-31(41)28-18-26-20-40(28)33(42)30(22-10-7-6-8-11-22)38-34(43)48-21-35(2,3)14-9-12-24-16-27-23(17-29(24)47-4)13-15-37-32(27)49-26/h5,13,15-17,22,25-26,28,30H,1,6-12,14,18-21H2,2-4H3,(H,38,43)(H,39,41)(H2,44,45,46)/t25?,26-,28+,30+,36?/m1/s1. The average molecular weight is 713 g/mol. The molecule has 4 bridgehead atoms. The fraction of sp³-hybridized carbons (Fsp3) is 0.611. The Labute approximate surface area is 292 Å². The average Bonchev–Trinajstić information content (AvgIpc) is 3.66. The highest BCUT2D eigenvalue weighted by atomic mass is 31.2. The Morgan fingerprint density at radius 3 is 2.64 bits per heavy atom. The summed E-state index contributed by atoms with van der Waals surface area (Å²) >= 11 is 0. The van der Waals surface area contributed by atoms with E-state index in [-0.39, 0.29) is 37.3 Å². The largest absolute Gasteiger partial charge is 0.496 e. The Morgan fingerprint density at radius 2 is 1.96 bits per heavy atom. The highest BCUT2D eigenvalue weighted by Gasteiger charge is 2.66. The minimum Gasteiger partial charge on any atom is -0.496 e. The first kappa shape index (κ1) is 36.1. The molecule has 5 atom stereocenters. The first-order valence-corrected chi connectivity index (χ1v) is 19.2. The van der Waals surface area contributed by atoms with E-state index in [4.69, 9.17) is 14.2 Å². The second-order valence-corrected chi connectivity index (χ2v) is 17.0. The SMILES string of the molecule is C=CC1CC1(NC(=O)[C@@H]1C[C@@H]2CN1C(=O)[C@H](C1CCCCC1)NC(=O)OCC(C)(C)CCCc1cc3c(nccc3cc1OC)O2)P(=O)(O)O. The zero-order valence-corrected chi connectivity index (χ0v) is 30.0. The van der Waals surface area contributed by atoms with E-state index in [0.717, 1.165) is 67.0 Å². The van der Waals surface area contributed by atoms with E-state index >= 15 is 0 Å². The number of hydrogen-bond acceptors (Lipinski definition) is 8. The monoisotopic (exact) mass is 712 g/mol. The lowest BCUT2D eigenvalue weighted by Gasteiger charge is -2.35. The molecule has 1 aromatic heterocycles. The third-order valence-corrected chi connectivity index (χ3v) is 12.6. The number of benzene rings is 1. The molecule has 0 radical (unpaired) electrons. The molecule has 272 valence electrons. The molecule has 1 saturated heterocycles. The third kappa shape index (κ3) is 7.36. The van der Waals surface area contributed by atoms with Gasteiger partial charge in [0.05, 0.1) is 20.3 Å². The lowest BCUT2D eigenvalue weighted by molar-refractivity contribution is -0.141. The Morgan fingerprint density at radius 1 is 1.20 bits per heavy atom. The number of aromatic nitrogens is 1. The zero-order valence-electron chi connectivity index (χ0n) is 29.1. The molecule has 2 saturated carbocycles. The van der Waals surface area contributed by atoms with Crippen LogP contribution in [0.1, 0.15) is 77.2 Å². The van der Waals surface area contributed by atoms with Gasteiger partial charge >= 0.3 is 13.7 Å². The molecule has 4 N–H and O–H groups in total. The van der Waals surface area contributed by atoms with Crippen LogP contribution in [-0.4, -0.2) is 81.3 Å². The van der Waals surface area contributed by atoms with Gasteiger partial charge in [0, 0.05) is 23.9 Å². The molecule has 2 unspecified atom stereocenters. The van der Waals surface area contributed by atoms with Gasteiger partial charge in [0.25, 0.3) is 0 Å². The number of aryl methyl sites for hydroxylation is 1. The Hall–Kier alpha value is -3.67. The molecule has 2 aliphatic carbocycles. The van der Waals surface area contributed by atoms with Crippen LogP contribution in [-0.2, 0) is 25.3 Å². The fourth-order valence-electron chi connectivity index (χ4n) is 7.92. The molecule has 0 spiro atoms. The molecule has 1 aromatic carbocycles. The van der Waals surface area contributed by atoms with Gasteiger partial charge in [0.2, 0.25) is 17.7 Å². The first-order valence-electron chi connectivity index (χ1n) is 17.6. The summed E-state index contributed by atoms with van der Waals surface area (Å²) in [5, 5.41) is 5.32. The van der Waals surface area contributed by atoms with E-state index in [0.29, 0.717) is 12.3 Å². The topological polar surface area (TPSA) is 177 Å². The van der Waals surface area contributed by atoms with E-state index in [1.54, 1.807) is 13.3 Å². The van der Waals surface area contributed by atoms with Gasteiger partial charge in [-0.3, -0.25) is 14.2 Å². The van der Waals surface area contributed by atoms with Crippen molar-refractivity contribution in [1.29, 1.82) is 0 Å². The van der Waals surface area contributed by atoms with Crippen molar-refractivity contribution in [2.45, 2.75) is 102 Å². The minimum atomic E-state index is -4.79. The van der Waals surface area contributed by atoms with Crippen molar-refractivity contribution in [3.63, 3.8) is 0 Å². The van der Waals surface area contributed by atoms with Crippen LogP contribution in [0.25, 0.3) is 10.8 Å². The van der Waals surface area contributed by atoms with Gasteiger partial charge in [-0.1, -0.05) is 39.2 Å². The number of methoxy groups -OCH3 is 1. The summed E-state index contributed by atoms with van der Waals surface area (Å²) in [6, 6.07) is 3.73. The maximum atomic E-state index is 14.6. The lowest BCUT2D eigenvalue weighted by Crippen LogP contribution is -2.57. The molecule has 4 aliphatic rings. The fourth-order valence-corrected chi connectivity index (χ4v) is 9.15. The highest BCUT2D eigenvalue weighted by Crippen LogP contribution is 2.67. The molecule has 6 rings (SSSR count). The number of nitrogens with zero attached hydrogens (tertiary/aromatic N) is 2. The second-order valence-electron chi connectivity index (χ2n) is 15.1. The Kier molecular flexibility index (Phi) is 10.2. The van der Waals surface area contributed by atoms with Crippen molar-refractivity contribution >= 4 is 36.3 Å². The van der Waals surface area contributed by atoms with Crippen molar-refractivity contribution in [1.82, 2.24) is 20.5 Å². The maximum absolute atomic E-state index is 14.6. The van der Waals surface area contributed by atoms with Gasteiger partial charge in [-0.25, -0.2) is 9.78 Å². The molecule has 2 aliphatic heterocycles. The highest BCUT2D eigenvalue weighted by molar-refractivity contribution is 7.54. The third-order valence-electron chi connectivity index (χ3n) is 10.9. The number of hydrogen-bond donors (Lipinski definition) is 4. The second kappa shape index (κ2) is 14.2. The van der Waals surface area contributed by atoms with Crippen LogP contribution in [0.5, 0.6) is 11.6 Å². The van der Waals surface area contributed by atoms with Crippen molar-refractivity contribution in [3.05, 3.63) is 42.6 Å². The molecule has 50 heavy (non-hydrogen) atoms. The molecular formula is C36H49N4O9P. The van der Waals surface area contributed by atoms with E-state index < -0.39 is 54.9 Å². The molecule has 2 aromatic rings. The van der Waals surface area contributed by atoms with E-state index in [1.165, 1.54) is 11.0 Å². The molecule has 14 heteroatoms. The van der Waals surface area contributed by atoms with Gasteiger partial charge in [-0.15, -0.1) is 6.58 Å². The van der Waals surface area contributed by atoms with Gasteiger partial charge in [-0.05, 0) is 79.0 Å². The van der Waals surface area contributed by atoms with E-state index in [9.17, 15) is 28.7 Å². The number of pyridine rings is 1. The lowest BCUT2D eigenvalue weighted by atomic mass is 9.83. The number of fused-ring (bicyclic) bond motifs is 3. The summed E-state index contributed by atoms with van der Waals surface area (Å²) in [7, 11) is -3.16. The van der Waals surface area contributed by atoms with Crippen LogP contribution in [0.15, 0.2) is 37.1 Å². The molecule has 3 fully saturated rings. The van der Waals surface area contributed by atoms with Crippen LogP contribution < -0.4 is 20.1 Å². The zero-order chi connectivity index (χ0) is 35.8. The summed E-state index contributed by atoms with van der Waals surface area (Å²) in [6.07, 6.45) is 8.30. The summed E-state index contributed by atoms with van der Waals surface area (Å²) in [6.45, 7) is 7.89. The predicted octanol–water partition coefficient (Wildman–Crippen LogP) is 4.83. The maximum Gasteiger partial charge on any atom is 0.407 e. The quantitative estimate of drug-likeness (QED) is 0.240. The Bertz CT molecular complexity index is 1690. The number of ether oxygens (including phenoxy) is 3. The number of nitrogens with one attached hydrogen (secondary N) is 2. The van der Waals surface area contributed by atoms with Gasteiger partial charge < -0.3 is 39.5 Å². The van der Waals surface area contributed by atoms with Crippen LogP contribution in [0.4, 0.5) is 4.79 Å². The van der Waals surface area contributed by atoms with Crippen molar-refractivity contribution in [3.8, 4) is 11.6 Å². The van der Waals surface area contributed by atoms with Crippen molar-refractivity contribution < 1.29 is 42.9 Å².